The Morgan fingerprint density at radius 2 is 1.85 bits per heavy atom. The summed E-state index contributed by atoms with van der Waals surface area (Å²) in [5.41, 5.74) is 0. The van der Waals surface area contributed by atoms with Crippen LogP contribution in [0.4, 0.5) is 0 Å². The SMILES string of the molecule is O=C(CCCCl)[n+]1ccccc1.[Cl-]. The Labute approximate surface area is 88.9 Å². The van der Waals surface area contributed by atoms with Gasteiger partial charge in [-0.15, -0.1) is 16.2 Å². The molecule has 72 valence electrons. The van der Waals surface area contributed by atoms with E-state index >= 15 is 0 Å². The van der Waals surface area contributed by atoms with Crippen LogP contribution >= 0.6 is 11.6 Å². The fourth-order valence-corrected chi connectivity index (χ4v) is 1.05. The van der Waals surface area contributed by atoms with Crippen molar-refractivity contribution < 1.29 is 21.8 Å². The summed E-state index contributed by atoms with van der Waals surface area (Å²) in [5.74, 6) is 0.635. The quantitative estimate of drug-likeness (QED) is 0.455. The van der Waals surface area contributed by atoms with E-state index in [9.17, 15) is 4.79 Å². The molecule has 0 N–H and O–H groups in total. The van der Waals surface area contributed by atoms with Crippen molar-refractivity contribution in [3.05, 3.63) is 30.6 Å². The molecule has 0 unspecified atom stereocenters. The first-order valence-electron chi connectivity index (χ1n) is 3.90. The standard InChI is InChI=1S/C9H11ClNO.ClH/c10-6-4-5-9(12)11-7-2-1-3-8-11;/h1-3,7-8H,4-6H2;1H/q+1;/p-1. The second-order valence-corrected chi connectivity index (χ2v) is 2.85. The van der Waals surface area contributed by atoms with Crippen molar-refractivity contribution in [3.8, 4) is 0 Å². The first kappa shape index (κ1) is 12.4. The van der Waals surface area contributed by atoms with E-state index in [4.69, 9.17) is 11.6 Å². The Bertz CT molecular complexity index is 251. The molecule has 0 saturated carbocycles. The van der Waals surface area contributed by atoms with E-state index in [2.05, 4.69) is 0 Å². The highest BCUT2D eigenvalue weighted by atomic mass is 35.5. The normalized spacial score (nSPS) is 9.00. The number of pyridine rings is 1. The average Bonchev–Trinajstić information content (AvgIpc) is 2.15. The van der Waals surface area contributed by atoms with Crippen LogP contribution in [-0.4, -0.2) is 11.8 Å². The summed E-state index contributed by atoms with van der Waals surface area (Å²) < 4.78 is 1.58. The van der Waals surface area contributed by atoms with Crippen molar-refractivity contribution in [2.45, 2.75) is 12.8 Å². The van der Waals surface area contributed by atoms with Crippen LogP contribution in [0, 0.1) is 0 Å². The predicted octanol–water partition coefficient (Wildman–Crippen LogP) is -1.36. The zero-order valence-electron chi connectivity index (χ0n) is 7.12. The van der Waals surface area contributed by atoms with E-state index in [0.29, 0.717) is 12.3 Å². The van der Waals surface area contributed by atoms with Gasteiger partial charge in [0.2, 0.25) is 0 Å². The lowest BCUT2D eigenvalue weighted by molar-refractivity contribution is -0.574. The van der Waals surface area contributed by atoms with Crippen LogP contribution in [0.25, 0.3) is 0 Å². The fourth-order valence-electron chi connectivity index (χ4n) is 0.912. The topological polar surface area (TPSA) is 20.9 Å². The van der Waals surface area contributed by atoms with E-state index in [1.807, 2.05) is 18.2 Å². The number of alkyl halides is 1. The largest absolute Gasteiger partial charge is 1.00 e. The maximum atomic E-state index is 11.3. The van der Waals surface area contributed by atoms with Gasteiger partial charge in [0.1, 0.15) is 0 Å². The van der Waals surface area contributed by atoms with Crippen LogP contribution in [0.3, 0.4) is 0 Å². The summed E-state index contributed by atoms with van der Waals surface area (Å²) in [6.45, 7) is 0. The maximum Gasteiger partial charge on any atom is 0.392 e. The Kier molecular flexibility index (Phi) is 6.55. The molecule has 13 heavy (non-hydrogen) atoms. The number of carbonyl (C=O) groups is 1. The van der Waals surface area contributed by atoms with Gasteiger partial charge in [0.15, 0.2) is 12.4 Å². The van der Waals surface area contributed by atoms with Gasteiger partial charge in [0.05, 0.1) is 6.42 Å². The minimum absolute atomic E-state index is 0. The van der Waals surface area contributed by atoms with Crippen molar-refractivity contribution in [2.75, 3.05) is 5.88 Å². The average molecular weight is 220 g/mol. The predicted molar refractivity (Wildman–Crippen MR) is 47.2 cm³/mol. The molecule has 0 aromatic carbocycles. The lowest BCUT2D eigenvalue weighted by atomic mass is 10.3. The molecule has 0 aliphatic heterocycles. The van der Waals surface area contributed by atoms with Crippen LogP contribution in [-0.2, 0) is 0 Å². The molecule has 0 bridgehead atoms. The summed E-state index contributed by atoms with van der Waals surface area (Å²) in [7, 11) is 0. The number of aromatic nitrogens is 1. The monoisotopic (exact) mass is 219 g/mol. The molecule has 0 fully saturated rings. The Morgan fingerprint density at radius 3 is 2.38 bits per heavy atom. The van der Waals surface area contributed by atoms with Crippen molar-refractivity contribution in [1.82, 2.24) is 0 Å². The number of halogens is 2. The van der Waals surface area contributed by atoms with Gasteiger partial charge >= 0.3 is 5.91 Å². The van der Waals surface area contributed by atoms with Crippen LogP contribution in [0.5, 0.6) is 0 Å². The highest BCUT2D eigenvalue weighted by Crippen LogP contribution is 1.91. The zero-order valence-corrected chi connectivity index (χ0v) is 8.63. The second kappa shape index (κ2) is 6.87. The lowest BCUT2D eigenvalue weighted by Crippen LogP contribution is -3.00. The van der Waals surface area contributed by atoms with Gasteiger partial charge in [-0.25, -0.2) is 4.79 Å². The molecule has 0 saturated heterocycles. The maximum absolute atomic E-state index is 11.3. The molecular weight excluding hydrogens is 209 g/mol. The van der Waals surface area contributed by atoms with Gasteiger partial charge in [-0.05, 0) is 6.42 Å². The Balaban J connectivity index is 0.00000144. The summed E-state index contributed by atoms with van der Waals surface area (Å²) in [6, 6.07) is 5.54. The van der Waals surface area contributed by atoms with Crippen molar-refractivity contribution in [1.29, 1.82) is 0 Å². The minimum Gasteiger partial charge on any atom is -1.00 e. The highest BCUT2D eigenvalue weighted by Gasteiger charge is 2.10. The molecule has 0 radical (unpaired) electrons. The third-order valence-corrected chi connectivity index (χ3v) is 1.80. The van der Waals surface area contributed by atoms with Crippen LogP contribution in [0.1, 0.15) is 17.6 Å². The summed E-state index contributed by atoms with van der Waals surface area (Å²) in [5, 5.41) is 0. The first-order chi connectivity index (χ1) is 5.84. The van der Waals surface area contributed by atoms with E-state index in [0.717, 1.165) is 6.42 Å². The van der Waals surface area contributed by atoms with Gasteiger partial charge in [0, 0.05) is 18.0 Å². The van der Waals surface area contributed by atoms with Gasteiger partial charge in [0.25, 0.3) is 0 Å². The van der Waals surface area contributed by atoms with E-state index in [-0.39, 0.29) is 18.3 Å². The van der Waals surface area contributed by atoms with Crippen LogP contribution in [0.15, 0.2) is 30.6 Å². The number of rotatable bonds is 3. The van der Waals surface area contributed by atoms with E-state index in [1.54, 1.807) is 17.0 Å². The van der Waals surface area contributed by atoms with Crippen molar-refractivity contribution in [2.24, 2.45) is 0 Å². The number of carbonyl (C=O) groups excluding carboxylic acids is 1. The summed E-state index contributed by atoms with van der Waals surface area (Å²) in [4.78, 5) is 11.3. The molecule has 0 amide bonds. The highest BCUT2D eigenvalue weighted by molar-refractivity contribution is 6.17. The third-order valence-electron chi connectivity index (χ3n) is 1.53. The van der Waals surface area contributed by atoms with Crippen molar-refractivity contribution >= 4 is 17.5 Å². The Hall–Kier alpha value is -0.600. The van der Waals surface area contributed by atoms with Gasteiger partial charge in [-0.1, -0.05) is 6.07 Å². The zero-order chi connectivity index (χ0) is 8.81. The third kappa shape index (κ3) is 4.25. The molecular formula is C9H11Cl2NO. The number of hydrogen-bond donors (Lipinski definition) is 0. The molecule has 1 heterocycles. The first-order valence-corrected chi connectivity index (χ1v) is 4.43. The second-order valence-electron chi connectivity index (χ2n) is 2.47. The molecule has 4 heteroatoms. The summed E-state index contributed by atoms with van der Waals surface area (Å²) in [6.07, 6.45) is 4.74. The number of nitrogens with zero attached hydrogens (tertiary/aromatic N) is 1. The van der Waals surface area contributed by atoms with Gasteiger partial charge in [-0.3, -0.25) is 0 Å². The molecule has 1 aromatic heterocycles. The molecule has 0 spiro atoms. The molecule has 0 aliphatic rings. The Morgan fingerprint density at radius 1 is 1.23 bits per heavy atom. The van der Waals surface area contributed by atoms with E-state index in [1.165, 1.54) is 0 Å². The summed E-state index contributed by atoms with van der Waals surface area (Å²) >= 11 is 5.47. The molecule has 0 atom stereocenters. The van der Waals surface area contributed by atoms with Gasteiger partial charge < -0.3 is 12.4 Å². The van der Waals surface area contributed by atoms with Crippen molar-refractivity contribution in [3.63, 3.8) is 0 Å². The number of hydrogen-bond acceptors (Lipinski definition) is 1. The molecule has 1 aromatic rings. The molecule has 2 nitrogen and oxygen atoms in total. The molecule has 0 aliphatic carbocycles. The lowest BCUT2D eigenvalue weighted by Gasteiger charge is -1.91. The fraction of sp³-hybridized carbons (Fsp3) is 0.333. The minimum atomic E-state index is 0. The van der Waals surface area contributed by atoms with Gasteiger partial charge in [-0.2, -0.15) is 0 Å². The van der Waals surface area contributed by atoms with E-state index < -0.39 is 0 Å². The molecule has 1 rings (SSSR count). The van der Waals surface area contributed by atoms with Crippen LogP contribution < -0.4 is 17.0 Å². The van der Waals surface area contributed by atoms with Crippen LogP contribution in [0.2, 0.25) is 0 Å². The smallest absolute Gasteiger partial charge is 0.392 e.